The van der Waals surface area contributed by atoms with Gasteiger partial charge in [-0.05, 0) is 5.39 Å². The normalized spacial score (nSPS) is 10.7. The number of carbonyl (C=O) groups excluding carboxylic acids is 1. The van der Waals surface area contributed by atoms with Crippen molar-refractivity contribution in [1.82, 2.24) is 14.9 Å². The molecule has 6 heteroatoms. The summed E-state index contributed by atoms with van der Waals surface area (Å²) >= 11 is 1.52. The van der Waals surface area contributed by atoms with Crippen LogP contribution in [0.2, 0.25) is 0 Å². The molecule has 0 bridgehead atoms. The van der Waals surface area contributed by atoms with Gasteiger partial charge in [0, 0.05) is 24.0 Å². The Morgan fingerprint density at radius 3 is 2.76 bits per heavy atom. The maximum atomic E-state index is 12.6. The van der Waals surface area contributed by atoms with Gasteiger partial charge in [0.25, 0.3) is 5.91 Å². The molecule has 2 heterocycles. The SMILES string of the molecule is CN(Cc1cscn1)C(=O)c1cnc(N)c2ccccc12. The molecule has 1 aromatic carbocycles. The number of fused-ring (bicyclic) bond motifs is 1. The van der Waals surface area contributed by atoms with E-state index in [1.54, 1.807) is 17.5 Å². The highest BCUT2D eigenvalue weighted by Crippen LogP contribution is 2.23. The number of nitrogen functional groups attached to an aromatic ring is 1. The minimum atomic E-state index is -0.0910. The van der Waals surface area contributed by atoms with Crippen LogP contribution in [0.5, 0.6) is 0 Å². The third kappa shape index (κ3) is 2.57. The van der Waals surface area contributed by atoms with Crippen LogP contribution in [0.3, 0.4) is 0 Å². The van der Waals surface area contributed by atoms with Crippen LogP contribution in [0.25, 0.3) is 10.8 Å². The van der Waals surface area contributed by atoms with Crippen molar-refractivity contribution < 1.29 is 4.79 Å². The molecular weight excluding hydrogens is 284 g/mol. The number of carbonyl (C=O) groups is 1. The molecule has 0 aliphatic carbocycles. The molecule has 106 valence electrons. The largest absolute Gasteiger partial charge is 0.383 e. The standard InChI is InChI=1S/C15H14N4OS/c1-19(7-10-8-21-9-18-10)15(20)13-6-17-14(16)12-5-3-2-4-11(12)13/h2-6,8-9H,7H2,1H3,(H2,16,17). The second-order valence-electron chi connectivity index (χ2n) is 4.74. The van der Waals surface area contributed by atoms with Crippen molar-refractivity contribution in [3.63, 3.8) is 0 Å². The molecule has 0 saturated heterocycles. The lowest BCUT2D eigenvalue weighted by Gasteiger charge is -2.17. The van der Waals surface area contributed by atoms with E-state index in [2.05, 4.69) is 9.97 Å². The van der Waals surface area contributed by atoms with Crippen molar-refractivity contribution >= 4 is 33.8 Å². The van der Waals surface area contributed by atoms with Crippen molar-refractivity contribution in [2.75, 3.05) is 12.8 Å². The van der Waals surface area contributed by atoms with E-state index in [9.17, 15) is 4.79 Å². The number of hydrogen-bond donors (Lipinski definition) is 1. The minimum Gasteiger partial charge on any atom is -0.383 e. The summed E-state index contributed by atoms with van der Waals surface area (Å²) in [6.45, 7) is 0.473. The summed E-state index contributed by atoms with van der Waals surface area (Å²) in [5.74, 6) is 0.344. The fourth-order valence-electron chi connectivity index (χ4n) is 2.22. The summed E-state index contributed by atoms with van der Waals surface area (Å²) in [7, 11) is 1.76. The molecule has 3 aromatic rings. The van der Waals surface area contributed by atoms with E-state index in [1.807, 2.05) is 29.6 Å². The fraction of sp³-hybridized carbons (Fsp3) is 0.133. The minimum absolute atomic E-state index is 0.0910. The Kier molecular flexibility index (Phi) is 3.53. The van der Waals surface area contributed by atoms with E-state index in [4.69, 9.17) is 5.73 Å². The molecule has 0 spiro atoms. The number of benzene rings is 1. The van der Waals surface area contributed by atoms with Gasteiger partial charge in [0.2, 0.25) is 0 Å². The highest BCUT2D eigenvalue weighted by Gasteiger charge is 2.17. The van der Waals surface area contributed by atoms with E-state index < -0.39 is 0 Å². The number of aromatic nitrogens is 2. The van der Waals surface area contributed by atoms with Crippen molar-refractivity contribution in [3.8, 4) is 0 Å². The van der Waals surface area contributed by atoms with E-state index in [0.29, 0.717) is 17.9 Å². The topological polar surface area (TPSA) is 72.1 Å². The summed E-state index contributed by atoms with van der Waals surface area (Å²) in [5.41, 5.74) is 9.06. The van der Waals surface area contributed by atoms with Gasteiger partial charge in [-0.1, -0.05) is 24.3 Å². The molecule has 0 saturated carbocycles. The van der Waals surface area contributed by atoms with Crippen LogP contribution < -0.4 is 5.73 Å². The zero-order chi connectivity index (χ0) is 14.8. The van der Waals surface area contributed by atoms with E-state index in [0.717, 1.165) is 16.5 Å². The fourth-order valence-corrected chi connectivity index (χ4v) is 2.77. The van der Waals surface area contributed by atoms with Crippen LogP contribution in [-0.4, -0.2) is 27.8 Å². The Balaban J connectivity index is 1.96. The first-order valence-corrected chi connectivity index (χ1v) is 7.37. The number of anilines is 1. The first kappa shape index (κ1) is 13.5. The second-order valence-corrected chi connectivity index (χ2v) is 5.46. The molecule has 0 atom stereocenters. The number of hydrogen-bond acceptors (Lipinski definition) is 5. The number of pyridine rings is 1. The Morgan fingerprint density at radius 1 is 1.29 bits per heavy atom. The quantitative estimate of drug-likeness (QED) is 0.806. The molecule has 0 aliphatic heterocycles. The van der Waals surface area contributed by atoms with Gasteiger partial charge in [0.1, 0.15) is 5.82 Å². The zero-order valence-electron chi connectivity index (χ0n) is 11.5. The number of amides is 1. The van der Waals surface area contributed by atoms with Gasteiger partial charge in [0.05, 0.1) is 23.3 Å². The van der Waals surface area contributed by atoms with Crippen LogP contribution in [-0.2, 0) is 6.54 Å². The van der Waals surface area contributed by atoms with E-state index in [1.165, 1.54) is 17.5 Å². The molecule has 0 aliphatic rings. The molecule has 0 radical (unpaired) electrons. The molecule has 1 amide bonds. The van der Waals surface area contributed by atoms with Gasteiger partial charge in [0.15, 0.2) is 0 Å². The number of rotatable bonds is 3. The van der Waals surface area contributed by atoms with Crippen LogP contribution in [0.15, 0.2) is 41.4 Å². The number of nitrogens with zero attached hydrogens (tertiary/aromatic N) is 3. The Hall–Kier alpha value is -2.47. The smallest absolute Gasteiger partial charge is 0.256 e. The third-order valence-electron chi connectivity index (χ3n) is 3.29. The summed E-state index contributed by atoms with van der Waals surface area (Å²) in [6.07, 6.45) is 1.54. The first-order valence-electron chi connectivity index (χ1n) is 6.42. The second kappa shape index (κ2) is 5.49. The molecule has 2 N–H and O–H groups in total. The number of nitrogens with two attached hydrogens (primary N) is 1. The van der Waals surface area contributed by atoms with Crippen molar-refractivity contribution in [2.24, 2.45) is 0 Å². The summed E-state index contributed by atoms with van der Waals surface area (Å²) in [4.78, 5) is 22.6. The first-order chi connectivity index (χ1) is 10.2. The highest BCUT2D eigenvalue weighted by atomic mass is 32.1. The predicted octanol–water partition coefficient (Wildman–Crippen LogP) is 2.55. The molecule has 21 heavy (non-hydrogen) atoms. The Labute approximate surface area is 126 Å². The Bertz CT molecular complexity index is 785. The lowest BCUT2D eigenvalue weighted by Crippen LogP contribution is -2.26. The molecule has 5 nitrogen and oxygen atoms in total. The predicted molar refractivity (Wildman–Crippen MR) is 84.1 cm³/mol. The molecule has 3 rings (SSSR count). The van der Waals surface area contributed by atoms with Crippen LogP contribution >= 0.6 is 11.3 Å². The van der Waals surface area contributed by atoms with Crippen molar-refractivity contribution in [3.05, 3.63) is 52.6 Å². The van der Waals surface area contributed by atoms with Gasteiger partial charge in [-0.3, -0.25) is 4.79 Å². The van der Waals surface area contributed by atoms with Crippen molar-refractivity contribution in [1.29, 1.82) is 0 Å². The van der Waals surface area contributed by atoms with Crippen molar-refractivity contribution in [2.45, 2.75) is 6.54 Å². The molecule has 2 aromatic heterocycles. The highest BCUT2D eigenvalue weighted by molar-refractivity contribution is 7.07. The van der Waals surface area contributed by atoms with Crippen LogP contribution in [0.4, 0.5) is 5.82 Å². The van der Waals surface area contributed by atoms with Crippen LogP contribution in [0.1, 0.15) is 16.1 Å². The van der Waals surface area contributed by atoms with E-state index in [-0.39, 0.29) is 5.91 Å². The van der Waals surface area contributed by atoms with Crippen LogP contribution in [0, 0.1) is 0 Å². The van der Waals surface area contributed by atoms with E-state index >= 15 is 0 Å². The number of thiazole rings is 1. The van der Waals surface area contributed by atoms with Gasteiger partial charge in [-0.25, -0.2) is 9.97 Å². The van der Waals surface area contributed by atoms with Gasteiger partial charge < -0.3 is 10.6 Å². The Morgan fingerprint density at radius 2 is 2.05 bits per heavy atom. The zero-order valence-corrected chi connectivity index (χ0v) is 12.3. The maximum Gasteiger partial charge on any atom is 0.256 e. The summed E-state index contributed by atoms with van der Waals surface area (Å²) in [5, 5.41) is 3.55. The van der Waals surface area contributed by atoms with Gasteiger partial charge in [-0.2, -0.15) is 0 Å². The molecule has 0 fully saturated rings. The lowest BCUT2D eigenvalue weighted by molar-refractivity contribution is 0.0785. The lowest BCUT2D eigenvalue weighted by atomic mass is 10.1. The average Bonchev–Trinajstić information content (AvgIpc) is 3.00. The van der Waals surface area contributed by atoms with Gasteiger partial charge in [-0.15, -0.1) is 11.3 Å². The molecule has 0 unspecified atom stereocenters. The monoisotopic (exact) mass is 298 g/mol. The summed E-state index contributed by atoms with van der Waals surface area (Å²) in [6, 6.07) is 7.53. The molecular formula is C15H14N4OS. The van der Waals surface area contributed by atoms with Gasteiger partial charge >= 0.3 is 0 Å². The third-order valence-corrected chi connectivity index (χ3v) is 3.92. The summed E-state index contributed by atoms with van der Waals surface area (Å²) < 4.78 is 0. The average molecular weight is 298 g/mol. The maximum absolute atomic E-state index is 12.6.